The number of aromatic nitrogens is 3. The van der Waals surface area contributed by atoms with Gasteiger partial charge in [-0.3, -0.25) is 0 Å². The van der Waals surface area contributed by atoms with Crippen LogP contribution in [0.15, 0.2) is 24.3 Å². The van der Waals surface area contributed by atoms with E-state index in [-0.39, 0.29) is 82.3 Å². The van der Waals surface area contributed by atoms with E-state index in [2.05, 4.69) is 26.2 Å². The summed E-state index contributed by atoms with van der Waals surface area (Å²) in [5.74, 6) is -2.26. The molecule has 0 aliphatic carbocycles. The first-order valence-corrected chi connectivity index (χ1v) is 15.5. The molecule has 3 saturated heterocycles. The van der Waals surface area contributed by atoms with E-state index in [4.69, 9.17) is 15.9 Å². The molecule has 0 spiro atoms. The van der Waals surface area contributed by atoms with Crippen molar-refractivity contribution in [2.45, 2.75) is 44.2 Å². The Labute approximate surface area is 268 Å². The molecule has 2 aromatic heterocycles. The quantitative estimate of drug-likeness (QED) is 0.218. The number of fused-ring (bicyclic) bond motifs is 4. The number of ether oxygens (including phenoxy) is 2. The Morgan fingerprint density at radius 2 is 1.85 bits per heavy atom. The molecule has 3 aliphatic heterocycles. The van der Waals surface area contributed by atoms with Crippen LogP contribution in [0, 0.1) is 29.4 Å². The molecule has 5 heterocycles. The van der Waals surface area contributed by atoms with Crippen molar-refractivity contribution in [3.05, 3.63) is 41.5 Å². The summed E-state index contributed by atoms with van der Waals surface area (Å²) in [7, 11) is 3.14. The van der Waals surface area contributed by atoms with Crippen LogP contribution in [0.5, 0.6) is 17.6 Å². The highest BCUT2D eigenvalue weighted by atomic mass is 19.3. The van der Waals surface area contributed by atoms with Crippen LogP contribution in [0.4, 0.5) is 23.4 Å². The maximum absolute atomic E-state index is 17.0. The Morgan fingerprint density at radius 3 is 2.55 bits per heavy atom. The number of benzene rings is 2. The number of likely N-dealkylation sites (tertiary alicyclic amines) is 1. The third-order valence-corrected chi connectivity index (χ3v) is 9.70. The second-order valence-electron chi connectivity index (χ2n) is 13.1. The van der Waals surface area contributed by atoms with Crippen LogP contribution < -0.4 is 19.7 Å². The Morgan fingerprint density at radius 1 is 1.11 bits per heavy atom. The molecule has 47 heavy (non-hydrogen) atoms. The Hall–Kier alpha value is -4.41. The lowest BCUT2D eigenvalue weighted by Crippen LogP contribution is -2.55. The molecule has 3 fully saturated rings. The molecule has 0 saturated carbocycles. The summed E-state index contributed by atoms with van der Waals surface area (Å²) in [6.45, 7) is 2.48. The molecular formula is C34H34F4N6O3. The minimum Gasteiger partial charge on any atom is -0.508 e. The SMILES string of the molecule is C#Cc1c(F)ccc2cc(O)cc(-c3nc(OC)c4c(N5C[C@H]6CC[C@@H](C5)N6)nc(OC[C@]5(C)CN(C)CCC5(F)F)nc4c3F)c12. The summed E-state index contributed by atoms with van der Waals surface area (Å²) in [5, 5.41) is 14.8. The summed E-state index contributed by atoms with van der Waals surface area (Å²) < 4.78 is 73.9. The molecule has 2 N–H and O–H groups in total. The van der Waals surface area contributed by atoms with Gasteiger partial charge in [0.25, 0.3) is 5.92 Å². The Bertz CT molecular complexity index is 1940. The van der Waals surface area contributed by atoms with Gasteiger partial charge in [0.05, 0.1) is 18.1 Å². The zero-order valence-electron chi connectivity index (χ0n) is 26.2. The number of phenols is 1. The van der Waals surface area contributed by atoms with Gasteiger partial charge in [0, 0.05) is 55.6 Å². The number of alkyl halides is 2. The van der Waals surface area contributed by atoms with Crippen LogP contribution in [-0.4, -0.2) is 89.9 Å². The predicted molar refractivity (Wildman–Crippen MR) is 169 cm³/mol. The molecule has 13 heteroatoms. The standard InChI is InChI=1S/C34H34F4N6O3/c1-5-22-24(35)9-6-18-12-21(45)13-23(25(18)22)28-27(36)29-26(31(40-28)46-4)30(44-14-19-7-8-20(15-44)39-19)42-32(41-29)47-17-33(2)16-43(3)11-10-34(33,37)38/h1,6,9,12-13,19-20,39,45H,7-8,10-11,14-17H2,2-4H3/t19-,20+,33-/m0/s1. The van der Waals surface area contributed by atoms with Crippen LogP contribution in [0.1, 0.15) is 31.7 Å². The summed E-state index contributed by atoms with van der Waals surface area (Å²) in [4.78, 5) is 17.4. The van der Waals surface area contributed by atoms with E-state index in [9.17, 15) is 9.50 Å². The maximum Gasteiger partial charge on any atom is 0.319 e. The highest BCUT2D eigenvalue weighted by Gasteiger charge is 2.53. The second-order valence-corrected chi connectivity index (χ2v) is 13.1. The van der Waals surface area contributed by atoms with E-state index in [1.54, 1.807) is 7.05 Å². The van der Waals surface area contributed by atoms with Crippen LogP contribution in [0.3, 0.4) is 0 Å². The number of anilines is 1. The van der Waals surface area contributed by atoms with E-state index in [0.717, 1.165) is 12.8 Å². The normalized spacial score (nSPS) is 24.1. The van der Waals surface area contributed by atoms with Crippen LogP contribution >= 0.6 is 0 Å². The molecule has 9 nitrogen and oxygen atoms in total. The number of pyridine rings is 1. The van der Waals surface area contributed by atoms with Gasteiger partial charge in [-0.25, -0.2) is 22.5 Å². The molecule has 2 bridgehead atoms. The van der Waals surface area contributed by atoms with Gasteiger partial charge in [0.15, 0.2) is 5.82 Å². The number of nitrogens with one attached hydrogen (secondary N) is 1. The van der Waals surface area contributed by atoms with Crippen molar-refractivity contribution >= 4 is 27.5 Å². The van der Waals surface area contributed by atoms with Crippen molar-refractivity contribution in [1.29, 1.82) is 0 Å². The minimum absolute atomic E-state index is 0.0189. The number of rotatable bonds is 6. The topological polar surface area (TPSA) is 95.9 Å². The van der Waals surface area contributed by atoms with E-state index in [1.165, 1.54) is 38.3 Å². The molecule has 2 aromatic carbocycles. The van der Waals surface area contributed by atoms with Gasteiger partial charge < -0.3 is 29.7 Å². The predicted octanol–water partition coefficient (Wildman–Crippen LogP) is 5.12. The summed E-state index contributed by atoms with van der Waals surface area (Å²) in [6.07, 6.45) is 7.27. The highest BCUT2D eigenvalue weighted by Crippen LogP contribution is 2.45. The number of phenolic OH excluding ortho intramolecular Hbond substituents is 1. The third-order valence-electron chi connectivity index (χ3n) is 9.70. The number of hydrogen-bond acceptors (Lipinski definition) is 9. The lowest BCUT2D eigenvalue weighted by Gasteiger charge is -2.44. The third kappa shape index (κ3) is 5.23. The van der Waals surface area contributed by atoms with Crippen molar-refractivity contribution in [2.75, 3.05) is 51.8 Å². The number of piperazine rings is 1. The lowest BCUT2D eigenvalue weighted by atomic mass is 9.79. The van der Waals surface area contributed by atoms with Gasteiger partial charge in [-0.15, -0.1) is 6.42 Å². The zero-order valence-corrected chi connectivity index (χ0v) is 26.2. The molecular weight excluding hydrogens is 616 g/mol. The van der Waals surface area contributed by atoms with Crippen molar-refractivity contribution in [3.63, 3.8) is 0 Å². The van der Waals surface area contributed by atoms with E-state index < -0.39 is 29.6 Å². The molecule has 3 aliphatic rings. The van der Waals surface area contributed by atoms with Crippen molar-refractivity contribution in [1.82, 2.24) is 25.2 Å². The van der Waals surface area contributed by atoms with E-state index >= 15 is 13.2 Å². The zero-order chi connectivity index (χ0) is 33.2. The molecule has 0 unspecified atom stereocenters. The fourth-order valence-electron chi connectivity index (χ4n) is 7.24. The fraction of sp³-hybridized carbons (Fsp3) is 0.441. The molecule has 0 amide bonds. The lowest BCUT2D eigenvalue weighted by molar-refractivity contribution is -0.169. The maximum atomic E-state index is 17.0. The van der Waals surface area contributed by atoms with Gasteiger partial charge >= 0.3 is 6.01 Å². The summed E-state index contributed by atoms with van der Waals surface area (Å²) in [5.41, 5.74) is -2.20. The van der Waals surface area contributed by atoms with E-state index in [0.29, 0.717) is 24.3 Å². The van der Waals surface area contributed by atoms with Crippen molar-refractivity contribution < 1.29 is 32.1 Å². The average molecular weight is 651 g/mol. The monoisotopic (exact) mass is 650 g/mol. The number of methoxy groups -OCH3 is 1. The van der Waals surface area contributed by atoms with Crippen LogP contribution in [-0.2, 0) is 0 Å². The van der Waals surface area contributed by atoms with E-state index in [1.807, 2.05) is 9.80 Å². The van der Waals surface area contributed by atoms with Gasteiger partial charge in [-0.05, 0) is 50.4 Å². The minimum atomic E-state index is -3.01. The molecule has 7 rings (SSSR count). The molecule has 0 radical (unpaired) electrons. The van der Waals surface area contributed by atoms with Crippen molar-refractivity contribution in [3.8, 4) is 41.2 Å². The smallest absolute Gasteiger partial charge is 0.319 e. The van der Waals surface area contributed by atoms with Gasteiger partial charge in [0.2, 0.25) is 5.88 Å². The number of hydrogen-bond donors (Lipinski definition) is 2. The first kappa shape index (κ1) is 31.2. The Kier molecular flexibility index (Phi) is 7.56. The van der Waals surface area contributed by atoms with Gasteiger partial charge in [-0.1, -0.05) is 12.0 Å². The van der Waals surface area contributed by atoms with Gasteiger partial charge in [-0.2, -0.15) is 9.97 Å². The number of piperidine rings is 1. The number of halogens is 4. The first-order chi connectivity index (χ1) is 22.4. The number of nitrogens with zero attached hydrogens (tertiary/aromatic N) is 5. The molecule has 246 valence electrons. The second kappa shape index (κ2) is 11.4. The van der Waals surface area contributed by atoms with Crippen molar-refractivity contribution in [2.24, 2.45) is 5.41 Å². The number of aromatic hydroxyl groups is 1. The van der Waals surface area contributed by atoms with Crippen LogP contribution in [0.2, 0.25) is 0 Å². The largest absolute Gasteiger partial charge is 0.508 e. The summed E-state index contributed by atoms with van der Waals surface area (Å²) >= 11 is 0. The fourth-order valence-corrected chi connectivity index (χ4v) is 7.24. The highest BCUT2D eigenvalue weighted by molar-refractivity contribution is 6.04. The Balaban J connectivity index is 1.43. The first-order valence-electron chi connectivity index (χ1n) is 15.5. The number of terminal acetylenes is 1. The summed E-state index contributed by atoms with van der Waals surface area (Å²) in [6, 6.07) is 5.31. The molecule has 3 atom stereocenters. The van der Waals surface area contributed by atoms with Crippen LogP contribution in [0.25, 0.3) is 32.9 Å². The van der Waals surface area contributed by atoms with Gasteiger partial charge in [0.1, 0.15) is 40.6 Å². The molecule has 4 aromatic rings. The average Bonchev–Trinajstić information content (AvgIpc) is 3.38.